The fourth-order valence-electron chi connectivity index (χ4n) is 1.57. The standard InChI is InChI=1S/C13H15BrN4S/c1-9-2-3-11(10(14)6-9)18-13-7-12(15-4-5-19)16-8-17-13/h2-3,6-8,19H,4-5H2,1H3,(H2,15,16,17,18). The lowest BCUT2D eigenvalue weighted by Crippen LogP contribution is -2.05. The van der Waals surface area contributed by atoms with E-state index in [9.17, 15) is 0 Å². The lowest BCUT2D eigenvalue weighted by Gasteiger charge is -2.10. The Hall–Kier alpha value is -1.27. The number of nitrogens with zero attached hydrogens (tertiary/aromatic N) is 2. The lowest BCUT2D eigenvalue weighted by atomic mass is 10.2. The van der Waals surface area contributed by atoms with Crippen LogP contribution in [0.2, 0.25) is 0 Å². The number of hydrogen-bond acceptors (Lipinski definition) is 5. The Morgan fingerprint density at radius 3 is 2.74 bits per heavy atom. The van der Waals surface area contributed by atoms with Gasteiger partial charge in [-0.1, -0.05) is 6.07 Å². The molecule has 4 nitrogen and oxygen atoms in total. The minimum Gasteiger partial charge on any atom is -0.369 e. The number of halogens is 1. The van der Waals surface area contributed by atoms with E-state index in [1.165, 1.54) is 11.9 Å². The predicted octanol–water partition coefficient (Wildman–Crippen LogP) is 3.63. The van der Waals surface area contributed by atoms with Gasteiger partial charge in [0.25, 0.3) is 0 Å². The number of nitrogens with one attached hydrogen (secondary N) is 2. The van der Waals surface area contributed by atoms with Gasteiger partial charge in [-0.3, -0.25) is 0 Å². The number of benzene rings is 1. The Balaban J connectivity index is 2.14. The average molecular weight is 339 g/mol. The van der Waals surface area contributed by atoms with Gasteiger partial charge in [0.05, 0.1) is 5.69 Å². The maximum Gasteiger partial charge on any atom is 0.135 e. The summed E-state index contributed by atoms with van der Waals surface area (Å²) >= 11 is 7.69. The third-order valence-electron chi connectivity index (χ3n) is 2.47. The van der Waals surface area contributed by atoms with Crippen molar-refractivity contribution in [1.82, 2.24) is 9.97 Å². The van der Waals surface area contributed by atoms with Crippen LogP contribution in [0.1, 0.15) is 5.56 Å². The molecule has 1 heterocycles. The van der Waals surface area contributed by atoms with Gasteiger partial charge in [0.1, 0.15) is 18.0 Å². The number of anilines is 3. The molecule has 0 saturated carbocycles. The largest absolute Gasteiger partial charge is 0.369 e. The summed E-state index contributed by atoms with van der Waals surface area (Å²) in [4.78, 5) is 8.35. The van der Waals surface area contributed by atoms with Crippen LogP contribution in [0.3, 0.4) is 0 Å². The predicted molar refractivity (Wildman–Crippen MR) is 86.5 cm³/mol. The van der Waals surface area contributed by atoms with E-state index in [4.69, 9.17) is 0 Å². The van der Waals surface area contributed by atoms with Crippen LogP contribution < -0.4 is 10.6 Å². The van der Waals surface area contributed by atoms with Crippen LogP contribution in [0, 0.1) is 6.92 Å². The second-order valence-electron chi connectivity index (χ2n) is 4.05. The first-order valence-corrected chi connectivity index (χ1v) is 7.31. The minimum atomic E-state index is 0.751. The van der Waals surface area contributed by atoms with Gasteiger partial charge >= 0.3 is 0 Å². The molecule has 2 aromatic rings. The maximum atomic E-state index is 4.20. The van der Waals surface area contributed by atoms with Gasteiger partial charge < -0.3 is 10.6 Å². The molecule has 0 aliphatic rings. The molecule has 0 aliphatic heterocycles. The Morgan fingerprint density at radius 1 is 1.21 bits per heavy atom. The summed E-state index contributed by atoms with van der Waals surface area (Å²) in [7, 11) is 0. The molecule has 0 spiro atoms. The highest BCUT2D eigenvalue weighted by atomic mass is 79.9. The molecule has 1 aromatic heterocycles. The zero-order chi connectivity index (χ0) is 13.7. The number of thiol groups is 1. The van der Waals surface area contributed by atoms with E-state index >= 15 is 0 Å². The van der Waals surface area contributed by atoms with Gasteiger partial charge in [0.15, 0.2) is 0 Å². The van der Waals surface area contributed by atoms with E-state index in [1.807, 2.05) is 18.2 Å². The van der Waals surface area contributed by atoms with E-state index in [0.29, 0.717) is 0 Å². The van der Waals surface area contributed by atoms with Crippen LogP contribution in [-0.4, -0.2) is 22.3 Å². The second kappa shape index (κ2) is 6.77. The molecule has 0 atom stereocenters. The number of rotatable bonds is 5. The van der Waals surface area contributed by atoms with Crippen molar-refractivity contribution in [3.05, 3.63) is 40.6 Å². The lowest BCUT2D eigenvalue weighted by molar-refractivity contribution is 1.12. The molecule has 1 aromatic carbocycles. The molecule has 2 rings (SSSR count). The number of aromatic nitrogens is 2. The second-order valence-corrected chi connectivity index (χ2v) is 5.35. The molecule has 2 N–H and O–H groups in total. The van der Waals surface area contributed by atoms with Gasteiger partial charge in [-0.25, -0.2) is 9.97 Å². The summed E-state index contributed by atoms with van der Waals surface area (Å²) in [5.74, 6) is 2.30. The van der Waals surface area contributed by atoms with Crippen LogP contribution in [0.25, 0.3) is 0 Å². The highest BCUT2D eigenvalue weighted by Crippen LogP contribution is 2.26. The van der Waals surface area contributed by atoms with E-state index in [-0.39, 0.29) is 0 Å². The summed E-state index contributed by atoms with van der Waals surface area (Å²) in [6.45, 7) is 2.83. The van der Waals surface area contributed by atoms with Gasteiger partial charge in [-0.05, 0) is 40.5 Å². The summed E-state index contributed by atoms with van der Waals surface area (Å²) in [5.41, 5.74) is 2.18. The van der Waals surface area contributed by atoms with Crippen LogP contribution >= 0.6 is 28.6 Å². The van der Waals surface area contributed by atoms with Crippen molar-refractivity contribution in [3.63, 3.8) is 0 Å². The molecular formula is C13H15BrN4S. The first-order valence-electron chi connectivity index (χ1n) is 5.89. The molecule has 0 bridgehead atoms. The van der Waals surface area contributed by atoms with Gasteiger partial charge in [0.2, 0.25) is 0 Å². The summed E-state index contributed by atoms with van der Waals surface area (Å²) < 4.78 is 1.01. The molecule has 0 radical (unpaired) electrons. The van der Waals surface area contributed by atoms with Crippen LogP contribution in [0.15, 0.2) is 35.1 Å². The van der Waals surface area contributed by atoms with Crippen molar-refractivity contribution in [2.24, 2.45) is 0 Å². The quantitative estimate of drug-likeness (QED) is 0.728. The van der Waals surface area contributed by atoms with Gasteiger partial charge in [0, 0.05) is 22.8 Å². The summed E-state index contributed by atoms with van der Waals surface area (Å²) in [6.07, 6.45) is 1.53. The van der Waals surface area contributed by atoms with E-state index in [0.717, 1.165) is 34.1 Å². The maximum absolute atomic E-state index is 4.20. The van der Waals surface area contributed by atoms with E-state index in [2.05, 4.69) is 62.2 Å². The average Bonchev–Trinajstić information content (AvgIpc) is 2.40. The zero-order valence-corrected chi connectivity index (χ0v) is 13.0. The Kier molecular flexibility index (Phi) is 5.04. The molecular weight excluding hydrogens is 324 g/mol. The molecule has 19 heavy (non-hydrogen) atoms. The Morgan fingerprint density at radius 2 is 2.00 bits per heavy atom. The fraction of sp³-hybridized carbons (Fsp3) is 0.231. The summed E-state index contributed by atoms with van der Waals surface area (Å²) in [6, 6.07) is 8.00. The van der Waals surface area contributed by atoms with Crippen molar-refractivity contribution in [2.45, 2.75) is 6.92 Å². The van der Waals surface area contributed by atoms with Crippen LogP contribution in [-0.2, 0) is 0 Å². The normalized spacial score (nSPS) is 10.3. The van der Waals surface area contributed by atoms with Crippen molar-refractivity contribution in [3.8, 4) is 0 Å². The third-order valence-corrected chi connectivity index (χ3v) is 3.35. The minimum absolute atomic E-state index is 0.751. The first kappa shape index (κ1) is 14.1. The topological polar surface area (TPSA) is 49.8 Å². The Bertz CT molecular complexity index is 562. The monoisotopic (exact) mass is 338 g/mol. The molecule has 0 saturated heterocycles. The van der Waals surface area contributed by atoms with E-state index < -0.39 is 0 Å². The molecule has 0 aliphatic carbocycles. The van der Waals surface area contributed by atoms with Gasteiger partial charge in [-0.2, -0.15) is 12.6 Å². The van der Waals surface area contributed by atoms with Gasteiger partial charge in [-0.15, -0.1) is 0 Å². The molecule has 6 heteroatoms. The van der Waals surface area contributed by atoms with Crippen LogP contribution in [0.4, 0.5) is 17.3 Å². The molecule has 0 amide bonds. The van der Waals surface area contributed by atoms with Crippen molar-refractivity contribution in [1.29, 1.82) is 0 Å². The third kappa shape index (κ3) is 4.11. The van der Waals surface area contributed by atoms with Crippen molar-refractivity contribution < 1.29 is 0 Å². The number of aryl methyl sites for hydroxylation is 1. The highest BCUT2D eigenvalue weighted by molar-refractivity contribution is 9.10. The molecule has 0 fully saturated rings. The molecule has 100 valence electrons. The fourth-order valence-corrected chi connectivity index (χ4v) is 2.27. The zero-order valence-electron chi connectivity index (χ0n) is 10.5. The SMILES string of the molecule is Cc1ccc(Nc2cc(NCCS)ncn2)c(Br)c1. The first-order chi connectivity index (χ1) is 9.19. The van der Waals surface area contributed by atoms with Crippen molar-refractivity contribution >= 4 is 45.9 Å². The summed E-state index contributed by atoms with van der Waals surface area (Å²) in [5, 5.41) is 6.42. The highest BCUT2D eigenvalue weighted by Gasteiger charge is 2.03. The van der Waals surface area contributed by atoms with Crippen molar-refractivity contribution in [2.75, 3.05) is 22.9 Å². The number of hydrogen-bond donors (Lipinski definition) is 3. The van der Waals surface area contributed by atoms with Crippen LogP contribution in [0.5, 0.6) is 0 Å². The molecule has 0 unspecified atom stereocenters. The van der Waals surface area contributed by atoms with E-state index in [1.54, 1.807) is 0 Å². The Labute approximate surface area is 126 Å². The smallest absolute Gasteiger partial charge is 0.135 e.